The third-order valence-corrected chi connectivity index (χ3v) is 6.71. The van der Waals surface area contributed by atoms with Gasteiger partial charge in [-0.15, -0.1) is 0 Å². The van der Waals surface area contributed by atoms with Crippen molar-refractivity contribution in [3.8, 4) is 28.8 Å². The first-order valence-electron chi connectivity index (χ1n) is 13.4. The van der Waals surface area contributed by atoms with Crippen molar-refractivity contribution >= 4 is 17.9 Å². The van der Waals surface area contributed by atoms with Gasteiger partial charge in [-0.25, -0.2) is 4.68 Å². The zero-order valence-corrected chi connectivity index (χ0v) is 23.4. The standard InChI is InChI=1S/C32H34N4O4/c1-22(2)15-18-40-27-13-11-24(12-14-27)30-25(21-36(34-30)26-9-6-5-7-10-26)19-28-23(3)29(20-33)32(38)35(31(28)37)16-8-17-39-4/h5-7,9-14,19,21-22H,8,15-18H2,1-4H3/b28-19+. The van der Waals surface area contributed by atoms with E-state index in [0.717, 1.165) is 28.3 Å². The Hall–Kier alpha value is -4.48. The predicted molar refractivity (Wildman–Crippen MR) is 153 cm³/mol. The maximum Gasteiger partial charge on any atom is 0.271 e. The number of nitrogens with zero attached hydrogens (tertiary/aromatic N) is 4. The number of aromatic nitrogens is 2. The maximum absolute atomic E-state index is 13.5. The average molecular weight is 539 g/mol. The number of carbonyl (C=O) groups is 2. The fourth-order valence-electron chi connectivity index (χ4n) is 4.41. The van der Waals surface area contributed by atoms with Crippen molar-refractivity contribution in [1.82, 2.24) is 14.7 Å². The molecule has 1 aromatic heterocycles. The van der Waals surface area contributed by atoms with Crippen molar-refractivity contribution in [1.29, 1.82) is 5.26 Å². The summed E-state index contributed by atoms with van der Waals surface area (Å²) in [6.45, 7) is 7.16. The Bertz CT molecular complexity index is 1460. The average Bonchev–Trinajstić information content (AvgIpc) is 3.38. The first kappa shape index (κ1) is 28.5. The molecule has 2 aromatic carbocycles. The molecule has 0 unspecified atom stereocenters. The Kier molecular flexibility index (Phi) is 9.31. The van der Waals surface area contributed by atoms with Crippen LogP contribution in [0, 0.1) is 17.2 Å². The Morgan fingerprint density at radius 2 is 1.75 bits per heavy atom. The quantitative estimate of drug-likeness (QED) is 0.179. The van der Waals surface area contributed by atoms with Gasteiger partial charge in [-0.1, -0.05) is 32.0 Å². The molecule has 0 bridgehead atoms. The van der Waals surface area contributed by atoms with E-state index >= 15 is 0 Å². The highest BCUT2D eigenvalue weighted by Gasteiger charge is 2.35. The van der Waals surface area contributed by atoms with Gasteiger partial charge in [0.2, 0.25) is 0 Å². The number of rotatable bonds is 11. The molecule has 2 heterocycles. The van der Waals surface area contributed by atoms with Crippen LogP contribution in [0.5, 0.6) is 5.75 Å². The van der Waals surface area contributed by atoms with Crippen LogP contribution < -0.4 is 4.74 Å². The molecule has 0 aliphatic carbocycles. The van der Waals surface area contributed by atoms with Gasteiger partial charge in [-0.05, 0) is 73.7 Å². The molecular formula is C32H34N4O4. The van der Waals surface area contributed by atoms with Gasteiger partial charge in [0.15, 0.2) is 0 Å². The fourth-order valence-corrected chi connectivity index (χ4v) is 4.41. The van der Waals surface area contributed by atoms with Crippen LogP contribution in [0.15, 0.2) is 77.5 Å². The molecule has 1 aliphatic heterocycles. The van der Waals surface area contributed by atoms with Gasteiger partial charge in [-0.3, -0.25) is 14.5 Å². The molecule has 8 heteroatoms. The summed E-state index contributed by atoms with van der Waals surface area (Å²) in [5.41, 5.74) is 3.65. The van der Waals surface area contributed by atoms with Gasteiger partial charge >= 0.3 is 0 Å². The predicted octanol–water partition coefficient (Wildman–Crippen LogP) is 5.59. The number of hydrogen-bond donors (Lipinski definition) is 0. The van der Waals surface area contributed by atoms with Crippen molar-refractivity contribution in [3.63, 3.8) is 0 Å². The molecule has 8 nitrogen and oxygen atoms in total. The molecule has 0 saturated carbocycles. The lowest BCUT2D eigenvalue weighted by atomic mass is 9.93. The van der Waals surface area contributed by atoms with Gasteiger partial charge in [-0.2, -0.15) is 10.4 Å². The molecule has 0 saturated heterocycles. The van der Waals surface area contributed by atoms with Gasteiger partial charge in [0.1, 0.15) is 17.4 Å². The number of benzene rings is 2. The van der Waals surface area contributed by atoms with Gasteiger partial charge in [0.25, 0.3) is 11.8 Å². The van der Waals surface area contributed by atoms with E-state index in [1.165, 1.54) is 0 Å². The monoisotopic (exact) mass is 538 g/mol. The van der Waals surface area contributed by atoms with Gasteiger partial charge in [0, 0.05) is 43.2 Å². The number of methoxy groups -OCH3 is 1. The zero-order valence-electron chi connectivity index (χ0n) is 23.4. The molecule has 0 fully saturated rings. The first-order valence-corrected chi connectivity index (χ1v) is 13.4. The highest BCUT2D eigenvalue weighted by Crippen LogP contribution is 2.32. The summed E-state index contributed by atoms with van der Waals surface area (Å²) < 4.78 is 12.7. The number of imide groups is 1. The number of nitriles is 1. The van der Waals surface area contributed by atoms with E-state index in [2.05, 4.69) is 13.8 Å². The van der Waals surface area contributed by atoms with Crippen LogP contribution in [0.3, 0.4) is 0 Å². The summed E-state index contributed by atoms with van der Waals surface area (Å²) >= 11 is 0. The van der Waals surface area contributed by atoms with Crippen LogP contribution in [0.4, 0.5) is 0 Å². The smallest absolute Gasteiger partial charge is 0.271 e. The number of ether oxygens (including phenoxy) is 2. The van der Waals surface area contributed by atoms with E-state index in [0.29, 0.717) is 42.4 Å². The van der Waals surface area contributed by atoms with Crippen LogP contribution in [0.2, 0.25) is 0 Å². The van der Waals surface area contributed by atoms with Crippen molar-refractivity contribution in [2.45, 2.75) is 33.6 Å². The topological polar surface area (TPSA) is 97.5 Å². The second-order valence-corrected chi connectivity index (χ2v) is 10.0. The Balaban J connectivity index is 1.77. The fraction of sp³-hybridized carbons (Fsp3) is 0.312. The van der Waals surface area contributed by atoms with Crippen LogP contribution in [-0.2, 0) is 14.3 Å². The Morgan fingerprint density at radius 3 is 2.40 bits per heavy atom. The van der Waals surface area contributed by atoms with Crippen LogP contribution in [-0.4, -0.2) is 53.4 Å². The normalized spacial score (nSPS) is 14.8. The lowest BCUT2D eigenvalue weighted by molar-refractivity contribution is -0.140. The van der Waals surface area contributed by atoms with Crippen molar-refractivity contribution in [2.75, 3.05) is 26.9 Å². The largest absolute Gasteiger partial charge is 0.494 e. The lowest BCUT2D eigenvalue weighted by Gasteiger charge is -2.27. The summed E-state index contributed by atoms with van der Waals surface area (Å²) in [4.78, 5) is 27.6. The van der Waals surface area contributed by atoms with Crippen molar-refractivity contribution in [3.05, 3.63) is 83.1 Å². The van der Waals surface area contributed by atoms with E-state index in [-0.39, 0.29) is 17.7 Å². The summed E-state index contributed by atoms with van der Waals surface area (Å²) in [5, 5.41) is 14.6. The summed E-state index contributed by atoms with van der Waals surface area (Å²) in [7, 11) is 1.56. The third-order valence-electron chi connectivity index (χ3n) is 6.71. The van der Waals surface area contributed by atoms with Gasteiger partial charge < -0.3 is 9.47 Å². The molecule has 2 amide bonds. The highest BCUT2D eigenvalue weighted by atomic mass is 16.5. The third kappa shape index (κ3) is 6.38. The molecule has 0 radical (unpaired) electrons. The second kappa shape index (κ2) is 13.0. The van der Waals surface area contributed by atoms with Crippen LogP contribution >= 0.6 is 0 Å². The second-order valence-electron chi connectivity index (χ2n) is 10.0. The van der Waals surface area contributed by atoms with Crippen LogP contribution in [0.1, 0.15) is 39.2 Å². The number of carbonyl (C=O) groups excluding carboxylic acids is 2. The van der Waals surface area contributed by atoms with Crippen LogP contribution in [0.25, 0.3) is 23.0 Å². The molecule has 0 atom stereocenters. The molecule has 40 heavy (non-hydrogen) atoms. The summed E-state index contributed by atoms with van der Waals surface area (Å²) in [5.74, 6) is 0.318. The van der Waals surface area contributed by atoms with E-state index in [9.17, 15) is 14.9 Å². The number of amides is 2. The Morgan fingerprint density at radius 1 is 1.02 bits per heavy atom. The SMILES string of the molecule is COCCCN1C(=O)C(C#N)=C(C)/C(=C\c2cn(-c3ccccc3)nc2-c2ccc(OCCC(C)C)cc2)C1=O. The number of para-hydroxylation sites is 1. The molecule has 3 aromatic rings. The molecule has 4 rings (SSSR count). The minimum absolute atomic E-state index is 0.0387. The van der Waals surface area contributed by atoms with Gasteiger partial charge in [0.05, 0.1) is 18.0 Å². The summed E-state index contributed by atoms with van der Waals surface area (Å²) in [6, 6.07) is 19.4. The summed E-state index contributed by atoms with van der Waals surface area (Å²) in [6.07, 6.45) is 5.02. The van der Waals surface area contributed by atoms with E-state index in [1.54, 1.807) is 24.8 Å². The minimum Gasteiger partial charge on any atom is -0.494 e. The van der Waals surface area contributed by atoms with Crippen molar-refractivity contribution < 1.29 is 19.1 Å². The molecular weight excluding hydrogens is 504 g/mol. The maximum atomic E-state index is 13.5. The number of hydrogen-bond acceptors (Lipinski definition) is 6. The molecule has 1 aliphatic rings. The van der Waals surface area contributed by atoms with E-state index in [1.807, 2.05) is 66.9 Å². The molecule has 206 valence electrons. The first-order chi connectivity index (χ1) is 19.3. The minimum atomic E-state index is -0.577. The highest BCUT2D eigenvalue weighted by molar-refractivity contribution is 6.19. The Labute approximate surface area is 235 Å². The lowest BCUT2D eigenvalue weighted by Crippen LogP contribution is -2.43. The van der Waals surface area contributed by atoms with E-state index in [4.69, 9.17) is 14.6 Å². The molecule has 0 N–H and O–H groups in total. The zero-order chi connectivity index (χ0) is 28.6. The van der Waals surface area contributed by atoms with E-state index < -0.39 is 11.8 Å². The molecule has 0 spiro atoms. The van der Waals surface area contributed by atoms with Crippen molar-refractivity contribution in [2.24, 2.45) is 5.92 Å².